The van der Waals surface area contributed by atoms with Crippen molar-refractivity contribution in [3.05, 3.63) is 35.4 Å². The van der Waals surface area contributed by atoms with E-state index in [2.05, 4.69) is 5.32 Å². The molecule has 19 heavy (non-hydrogen) atoms. The van der Waals surface area contributed by atoms with E-state index in [1.807, 2.05) is 12.1 Å². The highest BCUT2D eigenvalue weighted by Crippen LogP contribution is 2.22. The standard InChI is InChI=1S/C16H23NO2/c18-16(19)15-9-5-4-8-14(15)10-11-17-12-13-6-2-1-3-7-13/h4-5,8-9,13,17H,1-3,6-7,10-12H2,(H,18,19). The second kappa shape index (κ2) is 7.29. The second-order valence-corrected chi connectivity index (χ2v) is 5.42. The van der Waals surface area contributed by atoms with Gasteiger partial charge in [-0.3, -0.25) is 0 Å². The van der Waals surface area contributed by atoms with Gasteiger partial charge in [0.25, 0.3) is 0 Å². The minimum absolute atomic E-state index is 0.432. The molecule has 2 N–H and O–H groups in total. The molecular weight excluding hydrogens is 238 g/mol. The van der Waals surface area contributed by atoms with Gasteiger partial charge < -0.3 is 10.4 Å². The first-order valence-electron chi connectivity index (χ1n) is 7.29. The van der Waals surface area contributed by atoms with Crippen molar-refractivity contribution in [3.63, 3.8) is 0 Å². The van der Waals surface area contributed by atoms with Crippen molar-refractivity contribution >= 4 is 5.97 Å². The Bertz CT molecular complexity index is 411. The molecule has 0 spiro atoms. The zero-order chi connectivity index (χ0) is 13.5. The van der Waals surface area contributed by atoms with Crippen LogP contribution >= 0.6 is 0 Å². The Kier molecular flexibility index (Phi) is 5.40. The maximum atomic E-state index is 11.1. The van der Waals surface area contributed by atoms with E-state index in [0.717, 1.165) is 31.0 Å². The van der Waals surface area contributed by atoms with E-state index in [4.69, 9.17) is 5.11 Å². The first kappa shape index (κ1) is 14.1. The van der Waals surface area contributed by atoms with Crippen LogP contribution in [0.25, 0.3) is 0 Å². The Morgan fingerprint density at radius 1 is 1.21 bits per heavy atom. The largest absolute Gasteiger partial charge is 0.478 e. The van der Waals surface area contributed by atoms with Crippen molar-refractivity contribution in [3.8, 4) is 0 Å². The zero-order valence-corrected chi connectivity index (χ0v) is 11.4. The lowest BCUT2D eigenvalue weighted by Gasteiger charge is -2.21. The number of carbonyl (C=O) groups is 1. The summed E-state index contributed by atoms with van der Waals surface area (Å²) in [6, 6.07) is 7.27. The lowest BCUT2D eigenvalue weighted by Crippen LogP contribution is -2.26. The first-order chi connectivity index (χ1) is 9.27. The third-order valence-corrected chi connectivity index (χ3v) is 3.98. The van der Waals surface area contributed by atoms with Gasteiger partial charge >= 0.3 is 5.97 Å². The summed E-state index contributed by atoms with van der Waals surface area (Å²) < 4.78 is 0. The second-order valence-electron chi connectivity index (χ2n) is 5.42. The highest BCUT2D eigenvalue weighted by molar-refractivity contribution is 5.89. The van der Waals surface area contributed by atoms with E-state index in [0.29, 0.717) is 5.56 Å². The Morgan fingerprint density at radius 3 is 2.68 bits per heavy atom. The molecule has 0 unspecified atom stereocenters. The van der Waals surface area contributed by atoms with E-state index in [9.17, 15) is 4.79 Å². The summed E-state index contributed by atoms with van der Waals surface area (Å²) in [6.07, 6.45) is 7.61. The maximum absolute atomic E-state index is 11.1. The van der Waals surface area contributed by atoms with Crippen molar-refractivity contribution in [2.45, 2.75) is 38.5 Å². The molecule has 1 saturated carbocycles. The molecule has 3 heteroatoms. The lowest BCUT2D eigenvalue weighted by molar-refractivity contribution is 0.0695. The van der Waals surface area contributed by atoms with Crippen LogP contribution in [0.5, 0.6) is 0 Å². The van der Waals surface area contributed by atoms with Crippen LogP contribution in [-0.4, -0.2) is 24.2 Å². The summed E-state index contributed by atoms with van der Waals surface area (Å²) >= 11 is 0. The van der Waals surface area contributed by atoms with Gasteiger partial charge in [-0.2, -0.15) is 0 Å². The maximum Gasteiger partial charge on any atom is 0.335 e. The van der Waals surface area contributed by atoms with Gasteiger partial charge in [0.15, 0.2) is 0 Å². The average Bonchev–Trinajstić information content (AvgIpc) is 2.45. The number of hydrogen-bond acceptors (Lipinski definition) is 2. The summed E-state index contributed by atoms with van der Waals surface area (Å²) in [5.41, 5.74) is 1.35. The van der Waals surface area contributed by atoms with E-state index >= 15 is 0 Å². The molecule has 0 saturated heterocycles. The molecule has 0 aliphatic heterocycles. The number of carboxylic acids is 1. The normalized spacial score (nSPS) is 16.4. The molecule has 0 heterocycles. The fraction of sp³-hybridized carbons (Fsp3) is 0.562. The molecule has 1 aromatic rings. The van der Waals surface area contributed by atoms with Crippen molar-refractivity contribution in [1.82, 2.24) is 5.32 Å². The third-order valence-electron chi connectivity index (χ3n) is 3.98. The third kappa shape index (κ3) is 4.35. The zero-order valence-electron chi connectivity index (χ0n) is 11.4. The molecule has 3 nitrogen and oxygen atoms in total. The molecule has 1 aliphatic rings. The average molecular weight is 261 g/mol. The smallest absolute Gasteiger partial charge is 0.335 e. The molecule has 0 bridgehead atoms. The Labute approximate surface area is 115 Å². The molecule has 2 rings (SSSR count). The fourth-order valence-electron chi connectivity index (χ4n) is 2.87. The summed E-state index contributed by atoms with van der Waals surface area (Å²) in [7, 11) is 0. The highest BCUT2D eigenvalue weighted by atomic mass is 16.4. The summed E-state index contributed by atoms with van der Waals surface area (Å²) in [5.74, 6) is -0.00801. The molecule has 104 valence electrons. The summed E-state index contributed by atoms with van der Waals surface area (Å²) in [4.78, 5) is 11.1. The van der Waals surface area contributed by atoms with Crippen LogP contribution in [0.1, 0.15) is 48.0 Å². The Hall–Kier alpha value is -1.35. The van der Waals surface area contributed by atoms with Crippen molar-refractivity contribution < 1.29 is 9.90 Å². The van der Waals surface area contributed by atoms with Gasteiger partial charge in [0.1, 0.15) is 0 Å². The number of hydrogen-bond donors (Lipinski definition) is 2. The number of aromatic carboxylic acids is 1. The topological polar surface area (TPSA) is 49.3 Å². The summed E-state index contributed by atoms with van der Waals surface area (Å²) in [6.45, 7) is 1.94. The van der Waals surface area contributed by atoms with E-state index in [-0.39, 0.29) is 0 Å². The van der Waals surface area contributed by atoms with Crippen LogP contribution in [0.2, 0.25) is 0 Å². The van der Waals surface area contributed by atoms with Gasteiger partial charge in [-0.25, -0.2) is 4.79 Å². The molecule has 1 aliphatic carbocycles. The number of rotatable bonds is 6. The molecule has 1 fully saturated rings. The van der Waals surface area contributed by atoms with Crippen LogP contribution in [-0.2, 0) is 6.42 Å². The molecule has 1 aromatic carbocycles. The quantitative estimate of drug-likeness (QED) is 0.774. The van der Waals surface area contributed by atoms with Crippen molar-refractivity contribution in [1.29, 1.82) is 0 Å². The first-order valence-corrected chi connectivity index (χ1v) is 7.29. The predicted octanol–water partition coefficient (Wildman–Crippen LogP) is 3.10. The van der Waals surface area contributed by atoms with Gasteiger partial charge in [-0.05, 0) is 49.9 Å². The number of carboxylic acid groups (broad SMARTS) is 1. The highest BCUT2D eigenvalue weighted by Gasteiger charge is 2.13. The minimum Gasteiger partial charge on any atom is -0.478 e. The SMILES string of the molecule is O=C(O)c1ccccc1CCNCC1CCCCC1. The summed E-state index contributed by atoms with van der Waals surface area (Å²) in [5, 5.41) is 12.6. The van der Waals surface area contributed by atoms with Gasteiger partial charge in [0, 0.05) is 0 Å². The van der Waals surface area contributed by atoms with Gasteiger partial charge in [0.05, 0.1) is 5.56 Å². The van der Waals surface area contributed by atoms with E-state index in [1.54, 1.807) is 12.1 Å². The van der Waals surface area contributed by atoms with Crippen LogP contribution < -0.4 is 5.32 Å². The number of benzene rings is 1. The van der Waals surface area contributed by atoms with Crippen molar-refractivity contribution in [2.24, 2.45) is 5.92 Å². The molecule has 0 amide bonds. The Balaban J connectivity index is 1.74. The minimum atomic E-state index is -0.831. The monoisotopic (exact) mass is 261 g/mol. The van der Waals surface area contributed by atoms with Gasteiger partial charge in [-0.15, -0.1) is 0 Å². The van der Waals surface area contributed by atoms with Crippen molar-refractivity contribution in [2.75, 3.05) is 13.1 Å². The predicted molar refractivity (Wildman–Crippen MR) is 76.6 cm³/mol. The van der Waals surface area contributed by atoms with Crippen LogP contribution in [0.3, 0.4) is 0 Å². The van der Waals surface area contributed by atoms with Gasteiger partial charge in [0.2, 0.25) is 0 Å². The molecular formula is C16H23NO2. The lowest BCUT2D eigenvalue weighted by atomic mass is 9.89. The van der Waals surface area contributed by atoms with Crippen LogP contribution in [0, 0.1) is 5.92 Å². The fourth-order valence-corrected chi connectivity index (χ4v) is 2.87. The molecule has 0 aromatic heterocycles. The molecule has 0 atom stereocenters. The van der Waals surface area contributed by atoms with E-state index in [1.165, 1.54) is 32.1 Å². The van der Waals surface area contributed by atoms with Crippen LogP contribution in [0.4, 0.5) is 0 Å². The van der Waals surface area contributed by atoms with Crippen LogP contribution in [0.15, 0.2) is 24.3 Å². The molecule has 0 radical (unpaired) electrons. The number of nitrogens with one attached hydrogen (secondary N) is 1. The van der Waals surface area contributed by atoms with Gasteiger partial charge in [-0.1, -0.05) is 37.5 Å². The van der Waals surface area contributed by atoms with E-state index < -0.39 is 5.97 Å². The Morgan fingerprint density at radius 2 is 1.95 bits per heavy atom.